The van der Waals surface area contributed by atoms with Crippen LogP contribution in [0, 0.1) is 6.92 Å². The van der Waals surface area contributed by atoms with E-state index < -0.39 is 11.5 Å². The van der Waals surface area contributed by atoms with Crippen molar-refractivity contribution in [1.29, 1.82) is 0 Å². The molecule has 5 nitrogen and oxygen atoms in total. The van der Waals surface area contributed by atoms with Crippen molar-refractivity contribution in [3.8, 4) is 0 Å². The van der Waals surface area contributed by atoms with Gasteiger partial charge in [-0.3, -0.25) is 0 Å². The molecular weight excluding hydrogens is 208 g/mol. The molecule has 0 bridgehead atoms. The van der Waals surface area contributed by atoms with Crippen LogP contribution in [-0.2, 0) is 9.53 Å². The maximum Gasteiger partial charge on any atom is 0.331 e. The molecule has 0 radical (unpaired) electrons. The van der Waals surface area contributed by atoms with Gasteiger partial charge in [-0.2, -0.15) is 0 Å². The number of carboxylic acids is 1. The van der Waals surface area contributed by atoms with Crippen LogP contribution < -0.4 is 5.32 Å². The Morgan fingerprint density at radius 3 is 2.94 bits per heavy atom. The van der Waals surface area contributed by atoms with Crippen molar-refractivity contribution in [3.05, 3.63) is 23.9 Å². The number of ether oxygens (including phenoxy) is 1. The molecule has 1 aliphatic rings. The summed E-state index contributed by atoms with van der Waals surface area (Å²) in [5.74, 6) is -0.328. The highest BCUT2D eigenvalue weighted by Gasteiger charge is 2.42. The van der Waals surface area contributed by atoms with E-state index in [0.717, 1.165) is 5.56 Å². The molecule has 86 valence electrons. The first-order valence-corrected chi connectivity index (χ1v) is 5.14. The minimum absolute atomic E-state index is 0.178. The number of carbonyl (C=O) groups is 1. The fourth-order valence-electron chi connectivity index (χ4n) is 1.67. The Morgan fingerprint density at radius 1 is 1.62 bits per heavy atom. The third-order valence-corrected chi connectivity index (χ3v) is 2.71. The molecule has 1 saturated heterocycles. The highest BCUT2D eigenvalue weighted by Crippen LogP contribution is 2.23. The standard InChI is InChI=1S/C11H14N2O3/c1-8-2-3-9(12-6-8)13-11(10(14)15)4-5-16-7-11/h2-3,6H,4-5,7H2,1H3,(H,12,13)(H,14,15). The van der Waals surface area contributed by atoms with Crippen molar-refractivity contribution in [3.63, 3.8) is 0 Å². The minimum atomic E-state index is -1.03. The van der Waals surface area contributed by atoms with E-state index in [9.17, 15) is 9.90 Å². The molecule has 2 heterocycles. The third kappa shape index (κ3) is 1.99. The fraction of sp³-hybridized carbons (Fsp3) is 0.455. The van der Waals surface area contributed by atoms with Crippen LogP contribution >= 0.6 is 0 Å². The first-order valence-electron chi connectivity index (χ1n) is 5.14. The quantitative estimate of drug-likeness (QED) is 0.799. The Morgan fingerprint density at radius 2 is 2.44 bits per heavy atom. The average molecular weight is 222 g/mol. The molecule has 0 amide bonds. The first kappa shape index (κ1) is 10.9. The molecule has 1 aromatic heterocycles. The number of nitrogens with one attached hydrogen (secondary N) is 1. The summed E-state index contributed by atoms with van der Waals surface area (Å²) in [7, 11) is 0. The van der Waals surface area contributed by atoms with Gasteiger partial charge in [0.15, 0.2) is 5.54 Å². The highest BCUT2D eigenvalue weighted by molar-refractivity contribution is 5.83. The number of aryl methyl sites for hydroxylation is 1. The van der Waals surface area contributed by atoms with E-state index in [0.29, 0.717) is 18.8 Å². The van der Waals surface area contributed by atoms with Crippen molar-refractivity contribution >= 4 is 11.8 Å². The molecule has 0 spiro atoms. The molecule has 0 saturated carbocycles. The monoisotopic (exact) mass is 222 g/mol. The largest absolute Gasteiger partial charge is 0.479 e. The molecule has 1 atom stereocenters. The zero-order chi connectivity index (χ0) is 11.6. The van der Waals surface area contributed by atoms with E-state index in [2.05, 4.69) is 10.3 Å². The molecule has 1 unspecified atom stereocenters. The predicted molar refractivity (Wildman–Crippen MR) is 58.4 cm³/mol. The zero-order valence-corrected chi connectivity index (χ0v) is 9.06. The first-order chi connectivity index (χ1) is 7.62. The lowest BCUT2D eigenvalue weighted by atomic mass is 9.99. The van der Waals surface area contributed by atoms with Crippen LogP contribution in [0.5, 0.6) is 0 Å². The van der Waals surface area contributed by atoms with E-state index in [1.807, 2.05) is 13.0 Å². The number of hydrogen-bond donors (Lipinski definition) is 2. The zero-order valence-electron chi connectivity index (χ0n) is 9.06. The molecule has 1 aromatic rings. The maximum absolute atomic E-state index is 11.2. The summed E-state index contributed by atoms with van der Waals surface area (Å²) in [6.07, 6.45) is 2.16. The molecule has 0 aromatic carbocycles. The van der Waals surface area contributed by atoms with Crippen LogP contribution in [0.25, 0.3) is 0 Å². The number of aliphatic carboxylic acids is 1. The number of anilines is 1. The summed E-state index contributed by atoms with van der Waals surface area (Å²) < 4.78 is 5.15. The molecular formula is C11H14N2O3. The van der Waals surface area contributed by atoms with Crippen LogP contribution in [0.2, 0.25) is 0 Å². The molecule has 0 aliphatic carbocycles. The van der Waals surface area contributed by atoms with Gasteiger partial charge in [-0.1, -0.05) is 6.07 Å². The van der Waals surface area contributed by atoms with Crippen molar-refractivity contribution in [1.82, 2.24) is 4.98 Å². The Bertz CT molecular complexity index is 383. The van der Waals surface area contributed by atoms with Gasteiger partial charge in [0.05, 0.1) is 6.61 Å². The molecule has 16 heavy (non-hydrogen) atoms. The van der Waals surface area contributed by atoms with Gasteiger partial charge in [-0.15, -0.1) is 0 Å². The van der Waals surface area contributed by atoms with Crippen LogP contribution in [0.15, 0.2) is 18.3 Å². The topological polar surface area (TPSA) is 71.5 Å². The number of nitrogens with zero attached hydrogens (tertiary/aromatic N) is 1. The summed E-state index contributed by atoms with van der Waals surface area (Å²) in [4.78, 5) is 15.4. The number of pyridine rings is 1. The molecule has 1 aliphatic heterocycles. The number of aromatic nitrogens is 1. The number of hydrogen-bond acceptors (Lipinski definition) is 4. The second-order valence-corrected chi connectivity index (χ2v) is 4.04. The van der Waals surface area contributed by atoms with Gasteiger partial charge in [-0.25, -0.2) is 9.78 Å². The van der Waals surface area contributed by atoms with Crippen molar-refractivity contribution in [2.75, 3.05) is 18.5 Å². The van der Waals surface area contributed by atoms with E-state index in [1.54, 1.807) is 12.3 Å². The Balaban J connectivity index is 2.18. The molecule has 1 fully saturated rings. The SMILES string of the molecule is Cc1ccc(NC2(C(=O)O)CCOC2)nc1. The minimum Gasteiger partial charge on any atom is -0.479 e. The number of rotatable bonds is 3. The van der Waals surface area contributed by atoms with Gasteiger partial charge in [0.2, 0.25) is 0 Å². The Kier molecular flexibility index (Phi) is 2.78. The summed E-state index contributed by atoms with van der Waals surface area (Å²) in [6.45, 7) is 2.57. The molecule has 2 rings (SSSR count). The van der Waals surface area contributed by atoms with Crippen LogP contribution in [-0.4, -0.2) is 34.8 Å². The lowest BCUT2D eigenvalue weighted by molar-refractivity contribution is -0.142. The van der Waals surface area contributed by atoms with E-state index in [-0.39, 0.29) is 6.61 Å². The van der Waals surface area contributed by atoms with Crippen LogP contribution in [0.4, 0.5) is 5.82 Å². The Hall–Kier alpha value is -1.62. The summed E-state index contributed by atoms with van der Waals surface area (Å²) in [6, 6.07) is 3.67. The summed E-state index contributed by atoms with van der Waals surface area (Å²) in [5, 5.41) is 12.2. The van der Waals surface area contributed by atoms with E-state index in [1.165, 1.54) is 0 Å². The van der Waals surface area contributed by atoms with Gasteiger partial charge >= 0.3 is 5.97 Å². The Labute approximate surface area is 93.5 Å². The van der Waals surface area contributed by atoms with Crippen molar-refractivity contribution in [2.24, 2.45) is 0 Å². The summed E-state index contributed by atoms with van der Waals surface area (Å²) >= 11 is 0. The van der Waals surface area contributed by atoms with Gasteiger partial charge < -0.3 is 15.2 Å². The maximum atomic E-state index is 11.2. The lowest BCUT2D eigenvalue weighted by Crippen LogP contribution is -2.47. The van der Waals surface area contributed by atoms with Gasteiger partial charge in [0.1, 0.15) is 5.82 Å². The van der Waals surface area contributed by atoms with Crippen LogP contribution in [0.1, 0.15) is 12.0 Å². The highest BCUT2D eigenvalue weighted by atomic mass is 16.5. The van der Waals surface area contributed by atoms with Gasteiger partial charge in [-0.05, 0) is 18.6 Å². The second-order valence-electron chi connectivity index (χ2n) is 4.04. The smallest absolute Gasteiger partial charge is 0.331 e. The van der Waals surface area contributed by atoms with Crippen molar-refractivity contribution in [2.45, 2.75) is 18.9 Å². The fourth-order valence-corrected chi connectivity index (χ4v) is 1.67. The van der Waals surface area contributed by atoms with Gasteiger partial charge in [0, 0.05) is 19.2 Å². The predicted octanol–water partition coefficient (Wildman–Crippen LogP) is 1.05. The second kappa shape index (κ2) is 4.09. The average Bonchev–Trinajstić information content (AvgIpc) is 2.71. The number of carboxylic acid groups (broad SMARTS) is 1. The van der Waals surface area contributed by atoms with Gasteiger partial charge in [0.25, 0.3) is 0 Å². The third-order valence-electron chi connectivity index (χ3n) is 2.71. The van der Waals surface area contributed by atoms with E-state index in [4.69, 9.17) is 4.74 Å². The normalized spacial score (nSPS) is 24.3. The molecule has 2 N–H and O–H groups in total. The summed E-state index contributed by atoms with van der Waals surface area (Å²) in [5.41, 5.74) is 0.0139. The van der Waals surface area contributed by atoms with Crippen LogP contribution in [0.3, 0.4) is 0 Å². The molecule has 5 heteroatoms. The van der Waals surface area contributed by atoms with E-state index >= 15 is 0 Å². The van der Waals surface area contributed by atoms with Crippen molar-refractivity contribution < 1.29 is 14.6 Å². The lowest BCUT2D eigenvalue weighted by Gasteiger charge is -2.24.